The molecule has 2 N–H and O–H groups in total. The van der Waals surface area contributed by atoms with Crippen molar-refractivity contribution in [1.82, 2.24) is 10.2 Å². The summed E-state index contributed by atoms with van der Waals surface area (Å²) in [5.41, 5.74) is 2.11. The van der Waals surface area contributed by atoms with Gasteiger partial charge in [0.25, 0.3) is 5.91 Å². The summed E-state index contributed by atoms with van der Waals surface area (Å²) in [5.74, 6) is 1.03. The molecular formula is C21H28N2O5. The number of aromatic hydroxyl groups is 1. The van der Waals surface area contributed by atoms with Gasteiger partial charge in [-0.25, -0.2) is 4.79 Å². The summed E-state index contributed by atoms with van der Waals surface area (Å²) in [4.78, 5) is 26.6. The highest BCUT2D eigenvalue weighted by atomic mass is 16.6. The third kappa shape index (κ3) is 2.79. The van der Waals surface area contributed by atoms with E-state index in [4.69, 9.17) is 9.47 Å². The minimum atomic E-state index is -0.928. The second kappa shape index (κ2) is 6.29. The molecule has 0 aliphatic carbocycles. The Hall–Kier alpha value is -2.44. The molecule has 4 rings (SSSR count). The maximum atomic E-state index is 13.3. The van der Waals surface area contributed by atoms with E-state index in [2.05, 4.69) is 5.32 Å². The van der Waals surface area contributed by atoms with Crippen LogP contribution in [0, 0.1) is 20.8 Å². The van der Waals surface area contributed by atoms with Gasteiger partial charge in [-0.1, -0.05) is 0 Å². The van der Waals surface area contributed by atoms with Crippen molar-refractivity contribution in [2.24, 2.45) is 0 Å². The number of phenols is 1. The minimum absolute atomic E-state index is 0.0203. The van der Waals surface area contributed by atoms with E-state index < -0.39 is 11.2 Å². The van der Waals surface area contributed by atoms with Gasteiger partial charge >= 0.3 is 6.09 Å². The van der Waals surface area contributed by atoms with Gasteiger partial charge in [0.15, 0.2) is 5.60 Å². The SMILES string of the molecule is Cc1c(C)c2c(c(C)c1O)CCC(C)(C(=O)N1CCC3(CC1)CNC(=O)O3)O2. The van der Waals surface area contributed by atoms with Crippen LogP contribution in [0.15, 0.2) is 0 Å². The quantitative estimate of drug-likeness (QED) is 0.772. The number of nitrogens with zero attached hydrogens (tertiary/aromatic N) is 1. The van der Waals surface area contributed by atoms with Crippen LogP contribution in [0.2, 0.25) is 0 Å². The largest absolute Gasteiger partial charge is 0.507 e. The highest BCUT2D eigenvalue weighted by Gasteiger charge is 2.48. The maximum Gasteiger partial charge on any atom is 0.407 e. The number of carbonyl (C=O) groups excluding carboxylic acids is 2. The van der Waals surface area contributed by atoms with Crippen LogP contribution in [0.5, 0.6) is 11.5 Å². The number of fused-ring (bicyclic) bond motifs is 1. The van der Waals surface area contributed by atoms with Gasteiger partial charge in [-0.3, -0.25) is 4.79 Å². The van der Waals surface area contributed by atoms with E-state index in [0.717, 1.165) is 28.0 Å². The molecule has 1 spiro atoms. The van der Waals surface area contributed by atoms with Crippen molar-refractivity contribution >= 4 is 12.0 Å². The zero-order valence-electron chi connectivity index (χ0n) is 17.0. The van der Waals surface area contributed by atoms with Crippen LogP contribution >= 0.6 is 0 Å². The lowest BCUT2D eigenvalue weighted by Crippen LogP contribution is -2.57. The first-order valence-electron chi connectivity index (χ1n) is 9.93. The molecule has 7 heteroatoms. The number of benzene rings is 1. The Bertz CT molecular complexity index is 857. The molecule has 2 amide bonds. The predicted octanol–water partition coefficient (Wildman–Crippen LogP) is 2.50. The van der Waals surface area contributed by atoms with Gasteiger partial charge in [-0.15, -0.1) is 0 Å². The van der Waals surface area contributed by atoms with Crippen molar-refractivity contribution in [2.75, 3.05) is 19.6 Å². The Morgan fingerprint density at radius 1 is 1.07 bits per heavy atom. The molecule has 1 unspecified atom stereocenters. The Morgan fingerprint density at radius 3 is 2.36 bits per heavy atom. The zero-order chi connectivity index (χ0) is 20.3. The van der Waals surface area contributed by atoms with Gasteiger partial charge in [-0.05, 0) is 50.8 Å². The molecule has 0 aromatic heterocycles. The van der Waals surface area contributed by atoms with Gasteiger partial charge in [0.05, 0.1) is 6.54 Å². The number of piperidine rings is 1. The van der Waals surface area contributed by atoms with Crippen LogP contribution in [0.3, 0.4) is 0 Å². The summed E-state index contributed by atoms with van der Waals surface area (Å²) in [6.45, 7) is 9.16. The van der Waals surface area contributed by atoms with Gasteiger partial charge in [0.2, 0.25) is 0 Å². The van der Waals surface area contributed by atoms with Crippen LogP contribution in [-0.4, -0.2) is 52.8 Å². The second-order valence-corrected chi connectivity index (χ2v) is 8.58. The van der Waals surface area contributed by atoms with Gasteiger partial charge < -0.3 is 24.8 Å². The Kier molecular flexibility index (Phi) is 4.25. The molecule has 1 atom stereocenters. The van der Waals surface area contributed by atoms with E-state index in [1.807, 2.05) is 32.6 Å². The van der Waals surface area contributed by atoms with Gasteiger partial charge in [0, 0.05) is 37.9 Å². The van der Waals surface area contributed by atoms with E-state index in [1.54, 1.807) is 0 Å². The highest BCUT2D eigenvalue weighted by molar-refractivity contribution is 5.86. The lowest BCUT2D eigenvalue weighted by molar-refractivity contribution is -0.151. The van der Waals surface area contributed by atoms with Crippen molar-refractivity contribution in [3.05, 3.63) is 22.3 Å². The van der Waals surface area contributed by atoms with Crippen molar-refractivity contribution in [2.45, 2.75) is 64.6 Å². The van der Waals surface area contributed by atoms with Crippen molar-refractivity contribution in [3.63, 3.8) is 0 Å². The van der Waals surface area contributed by atoms with Gasteiger partial charge in [0.1, 0.15) is 17.1 Å². The normalized spacial score (nSPS) is 25.7. The first-order chi connectivity index (χ1) is 13.2. The Balaban J connectivity index is 1.53. The average Bonchev–Trinajstić information content (AvgIpc) is 3.04. The molecule has 2 saturated heterocycles. The lowest BCUT2D eigenvalue weighted by atomic mass is 9.85. The monoisotopic (exact) mass is 388 g/mol. The van der Waals surface area contributed by atoms with Crippen LogP contribution in [0.1, 0.15) is 48.4 Å². The van der Waals surface area contributed by atoms with Crippen LogP contribution in [-0.2, 0) is 16.0 Å². The van der Waals surface area contributed by atoms with Crippen LogP contribution in [0.4, 0.5) is 4.79 Å². The number of hydrogen-bond acceptors (Lipinski definition) is 5. The molecule has 3 heterocycles. The lowest BCUT2D eigenvalue weighted by Gasteiger charge is -2.43. The number of hydrogen-bond donors (Lipinski definition) is 2. The standard InChI is InChI=1S/C21H28N2O5/c1-12-13(2)17-15(14(3)16(12)24)5-6-20(4,27-17)18(25)23-9-7-21(8-10-23)11-22-19(26)28-21/h24H,5-11H2,1-4H3,(H,22,26). The molecule has 28 heavy (non-hydrogen) atoms. The number of rotatable bonds is 1. The molecular weight excluding hydrogens is 360 g/mol. The summed E-state index contributed by atoms with van der Waals surface area (Å²) in [7, 11) is 0. The number of phenolic OH excluding ortho intramolecular Hbond substituents is 1. The summed E-state index contributed by atoms with van der Waals surface area (Å²) < 4.78 is 11.8. The van der Waals surface area contributed by atoms with E-state index in [9.17, 15) is 14.7 Å². The molecule has 152 valence electrons. The van der Waals surface area contributed by atoms with Crippen LogP contribution < -0.4 is 10.1 Å². The van der Waals surface area contributed by atoms with Crippen LogP contribution in [0.25, 0.3) is 0 Å². The molecule has 2 fully saturated rings. The fraction of sp³-hybridized carbons (Fsp3) is 0.619. The highest BCUT2D eigenvalue weighted by Crippen LogP contribution is 2.44. The summed E-state index contributed by atoms with van der Waals surface area (Å²) in [6, 6.07) is 0. The predicted molar refractivity (Wildman–Crippen MR) is 103 cm³/mol. The molecule has 1 aromatic rings. The average molecular weight is 388 g/mol. The van der Waals surface area contributed by atoms with Crippen molar-refractivity contribution in [3.8, 4) is 11.5 Å². The van der Waals surface area contributed by atoms with E-state index in [1.165, 1.54) is 0 Å². The molecule has 7 nitrogen and oxygen atoms in total. The molecule has 0 radical (unpaired) electrons. The summed E-state index contributed by atoms with van der Waals surface area (Å²) >= 11 is 0. The molecule has 1 aromatic carbocycles. The molecule has 0 saturated carbocycles. The minimum Gasteiger partial charge on any atom is -0.507 e. The molecule has 3 aliphatic rings. The molecule has 3 aliphatic heterocycles. The van der Waals surface area contributed by atoms with Crippen molar-refractivity contribution in [1.29, 1.82) is 0 Å². The number of nitrogens with one attached hydrogen (secondary N) is 1. The smallest absolute Gasteiger partial charge is 0.407 e. The summed E-state index contributed by atoms with van der Waals surface area (Å²) in [5, 5.41) is 13.1. The van der Waals surface area contributed by atoms with E-state index >= 15 is 0 Å². The van der Waals surface area contributed by atoms with Gasteiger partial charge in [-0.2, -0.15) is 0 Å². The van der Waals surface area contributed by atoms with Crippen molar-refractivity contribution < 1.29 is 24.2 Å². The maximum absolute atomic E-state index is 13.3. The first kappa shape index (κ1) is 18.9. The molecule has 0 bridgehead atoms. The third-order valence-corrected chi connectivity index (χ3v) is 6.80. The van der Waals surface area contributed by atoms with E-state index in [0.29, 0.717) is 51.1 Å². The third-order valence-electron chi connectivity index (χ3n) is 6.80. The zero-order valence-corrected chi connectivity index (χ0v) is 17.0. The fourth-order valence-corrected chi connectivity index (χ4v) is 4.63. The number of amides is 2. The fourth-order valence-electron chi connectivity index (χ4n) is 4.63. The van der Waals surface area contributed by atoms with E-state index in [-0.39, 0.29) is 12.0 Å². The number of carbonyl (C=O) groups is 2. The summed E-state index contributed by atoms with van der Waals surface area (Å²) in [6.07, 6.45) is 2.16. The number of likely N-dealkylation sites (tertiary alicyclic amines) is 1. The topological polar surface area (TPSA) is 88.1 Å². The first-order valence-corrected chi connectivity index (χ1v) is 9.93. The Labute approximate surface area is 165 Å². The Morgan fingerprint density at radius 2 is 1.75 bits per heavy atom. The number of alkyl carbamates (subject to hydrolysis) is 1. The number of ether oxygens (including phenoxy) is 2. The second-order valence-electron chi connectivity index (χ2n) is 8.58.